The van der Waals surface area contributed by atoms with E-state index in [1.165, 1.54) is 17.0 Å². The van der Waals surface area contributed by atoms with E-state index in [0.29, 0.717) is 31.7 Å². The van der Waals surface area contributed by atoms with Gasteiger partial charge in [-0.25, -0.2) is 13.6 Å². The third kappa shape index (κ3) is 8.09. The molecule has 0 saturated carbocycles. The molecule has 0 aromatic heterocycles. The Bertz CT molecular complexity index is 885. The molecule has 5 atom stereocenters. The lowest BCUT2D eigenvalue weighted by atomic mass is 9.94. The number of benzene rings is 1. The van der Waals surface area contributed by atoms with Crippen LogP contribution in [0.3, 0.4) is 0 Å². The number of hydrogen-bond acceptors (Lipinski definition) is 5. The van der Waals surface area contributed by atoms with Gasteiger partial charge in [0.05, 0.1) is 24.8 Å². The highest BCUT2D eigenvalue weighted by molar-refractivity contribution is 5.90. The van der Waals surface area contributed by atoms with Crippen LogP contribution in [0.15, 0.2) is 18.2 Å². The largest absolute Gasteiger partial charge is 0.389 e. The van der Waals surface area contributed by atoms with Gasteiger partial charge in [-0.2, -0.15) is 0 Å². The second kappa shape index (κ2) is 14.0. The van der Waals surface area contributed by atoms with Crippen LogP contribution in [0.1, 0.15) is 57.9 Å². The zero-order valence-corrected chi connectivity index (χ0v) is 22.2. The maximum atomic E-state index is 13.9. The van der Waals surface area contributed by atoms with Gasteiger partial charge in [-0.05, 0) is 43.4 Å². The first-order valence-electron chi connectivity index (χ1n) is 13.5. The fourth-order valence-electron chi connectivity index (χ4n) is 5.08. The molecular weight excluding hydrogens is 482 g/mol. The molecule has 0 bridgehead atoms. The van der Waals surface area contributed by atoms with Gasteiger partial charge in [-0.1, -0.05) is 33.1 Å². The molecule has 208 valence electrons. The molecule has 3 rings (SSSR count). The van der Waals surface area contributed by atoms with Crippen molar-refractivity contribution in [3.63, 3.8) is 0 Å². The zero-order chi connectivity index (χ0) is 26.9. The van der Waals surface area contributed by atoms with E-state index >= 15 is 0 Å². The SMILES string of the molecule is CCCCCN1C[C@@H](C(=O)N[C@@H](Cc2cc(F)cc(F)c2)[C@H](O)[C@H]2C[C@@H](OCCCC)CN2)N(C)C1=O. The molecule has 2 aliphatic heterocycles. The third-order valence-electron chi connectivity index (χ3n) is 7.27. The molecule has 1 aromatic carbocycles. The molecule has 3 N–H and O–H groups in total. The minimum absolute atomic E-state index is 0.0335. The molecule has 10 heteroatoms. The second-order valence-corrected chi connectivity index (χ2v) is 10.2. The molecule has 8 nitrogen and oxygen atoms in total. The smallest absolute Gasteiger partial charge is 0.320 e. The molecule has 0 aliphatic carbocycles. The average molecular weight is 525 g/mol. The summed E-state index contributed by atoms with van der Waals surface area (Å²) in [6, 6.07) is 1.10. The number of carbonyl (C=O) groups excluding carboxylic acids is 2. The first-order valence-corrected chi connectivity index (χ1v) is 13.5. The maximum Gasteiger partial charge on any atom is 0.320 e. The van der Waals surface area contributed by atoms with Crippen molar-refractivity contribution in [2.75, 3.05) is 33.3 Å². The number of amides is 3. The van der Waals surface area contributed by atoms with Crippen LogP contribution in [0.25, 0.3) is 0 Å². The zero-order valence-electron chi connectivity index (χ0n) is 22.2. The number of ether oxygens (including phenoxy) is 1. The van der Waals surface area contributed by atoms with Crippen LogP contribution in [0, 0.1) is 11.6 Å². The third-order valence-corrected chi connectivity index (χ3v) is 7.27. The van der Waals surface area contributed by atoms with E-state index in [1.807, 2.05) is 0 Å². The molecule has 0 unspecified atom stereocenters. The number of nitrogens with one attached hydrogen (secondary N) is 2. The Morgan fingerprint density at radius 3 is 2.57 bits per heavy atom. The minimum atomic E-state index is -1.03. The van der Waals surface area contributed by atoms with E-state index in [0.717, 1.165) is 38.2 Å². The summed E-state index contributed by atoms with van der Waals surface area (Å²) in [5.41, 5.74) is 0.327. The molecule has 1 aromatic rings. The van der Waals surface area contributed by atoms with Gasteiger partial charge in [-0.3, -0.25) is 4.79 Å². The number of rotatable bonds is 14. The van der Waals surface area contributed by atoms with Gasteiger partial charge in [-0.15, -0.1) is 0 Å². The standard InChI is InChI=1S/C27H42F2N4O4/c1-4-6-8-9-33-17-24(32(3)27(33)36)26(35)31-23(13-18-11-19(28)14-20(29)12-18)25(34)22-15-21(16-30-22)37-10-7-5-2/h11-12,14,21-25,30,34H,4-10,13,15-17H2,1-3H3,(H,31,35)/t21-,22-,23+,24+,25-/m1/s1. The van der Waals surface area contributed by atoms with Crippen LogP contribution in [-0.2, 0) is 16.0 Å². The maximum absolute atomic E-state index is 13.9. The van der Waals surface area contributed by atoms with Crippen molar-refractivity contribution < 1.29 is 28.2 Å². The topological polar surface area (TPSA) is 94.1 Å². The first kappa shape index (κ1) is 29.3. The van der Waals surface area contributed by atoms with E-state index in [1.54, 1.807) is 11.9 Å². The van der Waals surface area contributed by atoms with Gasteiger partial charge < -0.3 is 30.3 Å². The normalized spacial score (nSPS) is 23.5. The summed E-state index contributed by atoms with van der Waals surface area (Å²) in [7, 11) is 1.59. The van der Waals surface area contributed by atoms with Crippen LogP contribution in [0.4, 0.5) is 13.6 Å². The Kier molecular flexibility index (Phi) is 11.1. The van der Waals surface area contributed by atoms with Crippen LogP contribution >= 0.6 is 0 Å². The molecule has 2 saturated heterocycles. The number of halogens is 2. The Morgan fingerprint density at radius 2 is 1.89 bits per heavy atom. The number of hydrogen-bond donors (Lipinski definition) is 3. The van der Waals surface area contributed by atoms with Crippen molar-refractivity contribution >= 4 is 11.9 Å². The van der Waals surface area contributed by atoms with Crippen molar-refractivity contribution in [1.82, 2.24) is 20.4 Å². The number of urea groups is 1. The van der Waals surface area contributed by atoms with Crippen LogP contribution in [0.2, 0.25) is 0 Å². The van der Waals surface area contributed by atoms with Gasteiger partial charge in [0.1, 0.15) is 17.7 Å². The van der Waals surface area contributed by atoms with Crippen LogP contribution < -0.4 is 10.6 Å². The number of nitrogens with zero attached hydrogens (tertiary/aromatic N) is 2. The number of likely N-dealkylation sites (N-methyl/N-ethyl adjacent to an activating group) is 1. The molecule has 2 aliphatic rings. The minimum Gasteiger partial charge on any atom is -0.389 e. The monoisotopic (exact) mass is 524 g/mol. The van der Waals surface area contributed by atoms with Gasteiger partial charge in [0.25, 0.3) is 0 Å². The predicted octanol–water partition coefficient (Wildman–Crippen LogP) is 2.83. The lowest BCUT2D eigenvalue weighted by Crippen LogP contribution is -2.56. The lowest BCUT2D eigenvalue weighted by molar-refractivity contribution is -0.126. The highest BCUT2D eigenvalue weighted by atomic mass is 19.1. The summed E-state index contributed by atoms with van der Waals surface area (Å²) >= 11 is 0. The summed E-state index contributed by atoms with van der Waals surface area (Å²) < 4.78 is 33.7. The molecule has 0 radical (unpaired) electrons. The van der Waals surface area contributed by atoms with Crippen molar-refractivity contribution in [3.05, 3.63) is 35.4 Å². The van der Waals surface area contributed by atoms with Gasteiger partial charge in [0, 0.05) is 38.9 Å². The fraction of sp³-hybridized carbons (Fsp3) is 0.704. The van der Waals surface area contributed by atoms with Crippen molar-refractivity contribution in [3.8, 4) is 0 Å². The van der Waals surface area contributed by atoms with Gasteiger partial charge >= 0.3 is 6.03 Å². The lowest BCUT2D eigenvalue weighted by Gasteiger charge is -2.30. The quantitative estimate of drug-likeness (QED) is 0.326. The molecule has 3 amide bonds. The van der Waals surface area contributed by atoms with Gasteiger partial charge in [0.2, 0.25) is 5.91 Å². The molecular formula is C27H42F2N4O4. The van der Waals surface area contributed by atoms with E-state index < -0.39 is 35.7 Å². The van der Waals surface area contributed by atoms with E-state index in [2.05, 4.69) is 24.5 Å². The molecule has 2 fully saturated rings. The Balaban J connectivity index is 1.70. The summed E-state index contributed by atoms with van der Waals surface area (Å²) in [6.07, 6.45) is 4.39. The molecule has 0 spiro atoms. The second-order valence-electron chi connectivity index (χ2n) is 10.2. The predicted molar refractivity (Wildman–Crippen MR) is 137 cm³/mol. The number of aliphatic hydroxyl groups excluding tert-OH is 1. The highest BCUT2D eigenvalue weighted by Crippen LogP contribution is 2.21. The number of carbonyl (C=O) groups is 2. The fourth-order valence-corrected chi connectivity index (χ4v) is 5.08. The van der Waals surface area contributed by atoms with Crippen molar-refractivity contribution in [2.45, 2.75) is 89.1 Å². The summed E-state index contributed by atoms with van der Waals surface area (Å²) in [6.45, 7) is 6.24. The van der Waals surface area contributed by atoms with Crippen LogP contribution in [-0.4, -0.2) is 90.5 Å². The summed E-state index contributed by atoms with van der Waals surface area (Å²) in [5, 5.41) is 17.5. The highest BCUT2D eigenvalue weighted by Gasteiger charge is 2.41. The molecule has 37 heavy (non-hydrogen) atoms. The summed E-state index contributed by atoms with van der Waals surface area (Å²) in [5.74, 6) is -1.84. The number of aliphatic hydroxyl groups is 1. The Hall–Kier alpha value is -2.30. The van der Waals surface area contributed by atoms with E-state index in [4.69, 9.17) is 4.74 Å². The molecule has 2 heterocycles. The Morgan fingerprint density at radius 1 is 1.19 bits per heavy atom. The van der Waals surface area contributed by atoms with Gasteiger partial charge in [0.15, 0.2) is 0 Å². The van der Waals surface area contributed by atoms with E-state index in [-0.39, 0.29) is 31.1 Å². The van der Waals surface area contributed by atoms with Crippen molar-refractivity contribution in [2.24, 2.45) is 0 Å². The van der Waals surface area contributed by atoms with Crippen LogP contribution in [0.5, 0.6) is 0 Å². The van der Waals surface area contributed by atoms with E-state index in [9.17, 15) is 23.5 Å². The first-order chi connectivity index (χ1) is 17.7. The average Bonchev–Trinajstić information content (AvgIpc) is 3.43. The Labute approximate surface area is 218 Å². The number of unbranched alkanes of at least 4 members (excludes halogenated alkanes) is 3. The van der Waals surface area contributed by atoms with Crippen molar-refractivity contribution in [1.29, 1.82) is 0 Å². The summed E-state index contributed by atoms with van der Waals surface area (Å²) in [4.78, 5) is 29.1.